The topological polar surface area (TPSA) is 80.9 Å². The van der Waals surface area contributed by atoms with Crippen LogP contribution in [0.15, 0.2) is 16.8 Å². The number of hydrogen-bond donors (Lipinski definition) is 1. The van der Waals surface area contributed by atoms with Crippen LogP contribution in [-0.4, -0.2) is 21.0 Å². The molecule has 0 aliphatic carbocycles. The molecule has 2 aromatic rings. The fraction of sp³-hybridized carbons (Fsp3) is 0.273. The Balaban J connectivity index is 2.20. The van der Waals surface area contributed by atoms with Crippen molar-refractivity contribution in [2.24, 2.45) is 0 Å². The molecular weight excluding hydrogens is 220 g/mol. The van der Waals surface area contributed by atoms with Crippen molar-refractivity contribution in [3.05, 3.63) is 35.1 Å². The highest BCUT2D eigenvalue weighted by molar-refractivity contribution is 6.04. The third-order valence-corrected chi connectivity index (χ3v) is 2.21. The maximum atomic E-state index is 11.9. The lowest BCUT2D eigenvalue weighted by Gasteiger charge is -2.04. The summed E-state index contributed by atoms with van der Waals surface area (Å²) in [5.74, 6) is 1.36. The molecule has 0 saturated carbocycles. The molecule has 0 bridgehead atoms. The summed E-state index contributed by atoms with van der Waals surface area (Å²) in [7, 11) is 0. The predicted octanol–water partition coefficient (Wildman–Crippen LogP) is 1.64. The van der Waals surface area contributed by atoms with Crippen molar-refractivity contribution in [3.63, 3.8) is 0 Å². The molecule has 1 N–H and O–H groups in total. The van der Waals surface area contributed by atoms with E-state index in [0.717, 1.165) is 0 Å². The van der Waals surface area contributed by atoms with Crippen molar-refractivity contribution in [1.82, 2.24) is 15.1 Å². The largest absolute Gasteiger partial charge is 0.360 e. The lowest BCUT2D eigenvalue weighted by molar-refractivity contribution is 0.102. The second kappa shape index (κ2) is 4.32. The Hall–Kier alpha value is -2.24. The second-order valence-electron chi connectivity index (χ2n) is 3.69. The average Bonchev–Trinajstić information content (AvgIpc) is 2.63. The van der Waals surface area contributed by atoms with Gasteiger partial charge in [-0.2, -0.15) is 0 Å². The van der Waals surface area contributed by atoms with Crippen LogP contribution in [0.1, 0.15) is 27.6 Å². The Bertz CT molecular complexity index is 562. The van der Waals surface area contributed by atoms with Gasteiger partial charge in [0, 0.05) is 12.3 Å². The van der Waals surface area contributed by atoms with Crippen molar-refractivity contribution < 1.29 is 9.32 Å². The van der Waals surface area contributed by atoms with Gasteiger partial charge in [0.05, 0.1) is 11.3 Å². The SMILES string of the molecule is Cc1ncc(C(=O)Nc2cc(C)on2)c(C)n1. The standard InChI is InChI=1S/C11H12N4O2/c1-6-4-10(15-17-6)14-11(16)9-5-12-8(3)13-7(9)2/h4-5H,1-3H3,(H,14,15,16). The molecule has 0 aliphatic rings. The monoisotopic (exact) mass is 232 g/mol. The van der Waals surface area contributed by atoms with Gasteiger partial charge in [0.25, 0.3) is 5.91 Å². The second-order valence-corrected chi connectivity index (χ2v) is 3.69. The van der Waals surface area contributed by atoms with Crippen molar-refractivity contribution in [2.75, 3.05) is 5.32 Å². The quantitative estimate of drug-likeness (QED) is 0.851. The van der Waals surface area contributed by atoms with Crippen LogP contribution in [0.3, 0.4) is 0 Å². The summed E-state index contributed by atoms with van der Waals surface area (Å²) in [5, 5.41) is 6.30. The van der Waals surface area contributed by atoms with Crippen LogP contribution in [-0.2, 0) is 0 Å². The first-order valence-corrected chi connectivity index (χ1v) is 5.11. The van der Waals surface area contributed by atoms with Crippen LogP contribution in [0.5, 0.6) is 0 Å². The molecule has 0 spiro atoms. The Kier molecular flexibility index (Phi) is 2.86. The minimum Gasteiger partial charge on any atom is -0.360 e. The summed E-state index contributed by atoms with van der Waals surface area (Å²) >= 11 is 0. The zero-order valence-corrected chi connectivity index (χ0v) is 9.81. The maximum absolute atomic E-state index is 11.9. The normalized spacial score (nSPS) is 10.3. The average molecular weight is 232 g/mol. The van der Waals surface area contributed by atoms with Crippen LogP contribution in [0.2, 0.25) is 0 Å². The zero-order chi connectivity index (χ0) is 12.4. The maximum Gasteiger partial charge on any atom is 0.260 e. The Morgan fingerprint density at radius 1 is 1.35 bits per heavy atom. The van der Waals surface area contributed by atoms with Crippen LogP contribution in [0.4, 0.5) is 5.82 Å². The first kappa shape index (κ1) is 11.3. The highest BCUT2D eigenvalue weighted by Gasteiger charge is 2.12. The number of anilines is 1. The Morgan fingerprint density at radius 3 is 2.71 bits per heavy atom. The first-order valence-electron chi connectivity index (χ1n) is 5.11. The molecule has 1 amide bonds. The number of amides is 1. The number of rotatable bonds is 2. The number of carbonyl (C=O) groups excluding carboxylic acids is 1. The molecule has 0 unspecified atom stereocenters. The van der Waals surface area contributed by atoms with Gasteiger partial charge in [-0.15, -0.1) is 0 Å². The number of nitrogens with one attached hydrogen (secondary N) is 1. The van der Waals surface area contributed by atoms with E-state index in [-0.39, 0.29) is 5.91 Å². The van der Waals surface area contributed by atoms with Crippen molar-refractivity contribution >= 4 is 11.7 Å². The molecule has 0 radical (unpaired) electrons. The van der Waals surface area contributed by atoms with E-state index in [0.29, 0.717) is 28.7 Å². The molecule has 0 saturated heterocycles. The molecule has 2 rings (SSSR count). The molecule has 2 aromatic heterocycles. The summed E-state index contributed by atoms with van der Waals surface area (Å²) in [6.45, 7) is 5.29. The number of hydrogen-bond acceptors (Lipinski definition) is 5. The molecular formula is C11H12N4O2. The van der Waals surface area contributed by atoms with Gasteiger partial charge in [-0.3, -0.25) is 4.79 Å². The van der Waals surface area contributed by atoms with Crippen molar-refractivity contribution in [1.29, 1.82) is 0 Å². The molecule has 0 aliphatic heterocycles. The lowest BCUT2D eigenvalue weighted by Crippen LogP contribution is -2.15. The van der Waals surface area contributed by atoms with Gasteiger partial charge >= 0.3 is 0 Å². The van der Waals surface area contributed by atoms with Gasteiger partial charge in [0.15, 0.2) is 5.82 Å². The van der Waals surface area contributed by atoms with E-state index in [1.54, 1.807) is 26.8 Å². The molecule has 6 heteroatoms. The number of nitrogens with zero attached hydrogens (tertiary/aromatic N) is 3. The van der Waals surface area contributed by atoms with E-state index in [4.69, 9.17) is 4.52 Å². The summed E-state index contributed by atoms with van der Waals surface area (Å²) in [4.78, 5) is 20.0. The van der Waals surface area contributed by atoms with Crippen LogP contribution >= 0.6 is 0 Å². The highest BCUT2D eigenvalue weighted by Crippen LogP contribution is 2.10. The van der Waals surface area contributed by atoms with E-state index >= 15 is 0 Å². The summed E-state index contributed by atoms with van der Waals surface area (Å²) in [6.07, 6.45) is 1.50. The summed E-state index contributed by atoms with van der Waals surface area (Å²) in [5.41, 5.74) is 1.06. The third kappa shape index (κ3) is 2.47. The van der Waals surface area contributed by atoms with Crippen LogP contribution in [0, 0.1) is 20.8 Å². The van der Waals surface area contributed by atoms with E-state index in [1.165, 1.54) is 6.20 Å². The Morgan fingerprint density at radius 2 is 2.12 bits per heavy atom. The first-order chi connectivity index (χ1) is 8.06. The van der Waals surface area contributed by atoms with Gasteiger partial charge in [-0.25, -0.2) is 9.97 Å². The molecule has 6 nitrogen and oxygen atoms in total. The number of aryl methyl sites for hydroxylation is 3. The lowest BCUT2D eigenvalue weighted by atomic mass is 10.2. The summed E-state index contributed by atoms with van der Waals surface area (Å²) < 4.78 is 4.85. The molecule has 88 valence electrons. The number of carbonyl (C=O) groups is 1. The molecule has 17 heavy (non-hydrogen) atoms. The van der Waals surface area contributed by atoms with Crippen molar-refractivity contribution in [2.45, 2.75) is 20.8 Å². The third-order valence-electron chi connectivity index (χ3n) is 2.21. The molecule has 2 heterocycles. The van der Waals surface area contributed by atoms with Gasteiger partial charge in [0.2, 0.25) is 0 Å². The fourth-order valence-electron chi connectivity index (χ4n) is 1.42. The minimum absolute atomic E-state index is 0.296. The minimum atomic E-state index is -0.296. The van der Waals surface area contributed by atoms with E-state index < -0.39 is 0 Å². The van der Waals surface area contributed by atoms with E-state index in [1.807, 2.05) is 0 Å². The Labute approximate surface area is 98.1 Å². The smallest absolute Gasteiger partial charge is 0.260 e. The van der Waals surface area contributed by atoms with Gasteiger partial charge in [-0.05, 0) is 20.8 Å². The van der Waals surface area contributed by atoms with Gasteiger partial charge in [-0.1, -0.05) is 5.16 Å². The fourth-order valence-corrected chi connectivity index (χ4v) is 1.42. The molecule has 0 aromatic carbocycles. The number of aromatic nitrogens is 3. The molecule has 0 atom stereocenters. The van der Waals surface area contributed by atoms with Gasteiger partial charge in [0.1, 0.15) is 11.6 Å². The zero-order valence-electron chi connectivity index (χ0n) is 9.81. The summed E-state index contributed by atoms with van der Waals surface area (Å²) in [6, 6.07) is 1.64. The van der Waals surface area contributed by atoms with Crippen LogP contribution < -0.4 is 5.32 Å². The van der Waals surface area contributed by atoms with E-state index in [2.05, 4.69) is 20.4 Å². The highest BCUT2D eigenvalue weighted by atomic mass is 16.5. The predicted molar refractivity (Wildman–Crippen MR) is 60.7 cm³/mol. The van der Waals surface area contributed by atoms with Gasteiger partial charge < -0.3 is 9.84 Å². The van der Waals surface area contributed by atoms with E-state index in [9.17, 15) is 4.79 Å². The molecule has 0 fully saturated rings. The van der Waals surface area contributed by atoms with Crippen LogP contribution in [0.25, 0.3) is 0 Å². The van der Waals surface area contributed by atoms with Crippen molar-refractivity contribution in [3.8, 4) is 0 Å².